The second kappa shape index (κ2) is 4.53. The summed E-state index contributed by atoms with van der Waals surface area (Å²) in [7, 11) is 0. The molecular formula is C15H18N4O2. The van der Waals surface area contributed by atoms with E-state index in [9.17, 15) is 9.59 Å². The lowest BCUT2D eigenvalue weighted by Crippen LogP contribution is -2.71. The monoisotopic (exact) mass is 286 g/mol. The molecule has 2 amide bonds. The number of amides is 2. The van der Waals surface area contributed by atoms with Gasteiger partial charge in [0.05, 0.1) is 5.92 Å². The molecule has 110 valence electrons. The molecule has 1 spiro atoms. The minimum atomic E-state index is -0.247. The lowest BCUT2D eigenvalue weighted by molar-refractivity contribution is -0.134. The minimum Gasteiger partial charge on any atom is -0.355 e. The van der Waals surface area contributed by atoms with Crippen LogP contribution in [0.5, 0.6) is 0 Å². The molecule has 6 heteroatoms. The highest BCUT2D eigenvalue weighted by Crippen LogP contribution is 2.36. The Hall–Kier alpha value is -1.95. The van der Waals surface area contributed by atoms with Crippen molar-refractivity contribution in [3.05, 3.63) is 23.9 Å². The summed E-state index contributed by atoms with van der Waals surface area (Å²) in [6.45, 7) is 4.34. The van der Waals surface area contributed by atoms with E-state index in [4.69, 9.17) is 0 Å². The zero-order valence-electron chi connectivity index (χ0n) is 11.8. The number of rotatable bonds is 2. The molecule has 3 aliphatic heterocycles. The zero-order valence-corrected chi connectivity index (χ0v) is 11.8. The van der Waals surface area contributed by atoms with Crippen molar-refractivity contribution in [2.24, 2.45) is 5.41 Å². The van der Waals surface area contributed by atoms with Crippen molar-refractivity contribution < 1.29 is 9.59 Å². The first-order valence-electron chi connectivity index (χ1n) is 7.41. The summed E-state index contributed by atoms with van der Waals surface area (Å²) in [5, 5.41) is 5.71. The van der Waals surface area contributed by atoms with Crippen LogP contribution in [0.1, 0.15) is 24.3 Å². The van der Waals surface area contributed by atoms with E-state index in [0.29, 0.717) is 18.3 Å². The van der Waals surface area contributed by atoms with Crippen LogP contribution in [-0.2, 0) is 9.59 Å². The largest absolute Gasteiger partial charge is 0.355 e. The van der Waals surface area contributed by atoms with Crippen LogP contribution in [0.2, 0.25) is 0 Å². The van der Waals surface area contributed by atoms with E-state index in [1.54, 1.807) is 6.20 Å². The van der Waals surface area contributed by atoms with Crippen LogP contribution in [0.25, 0.3) is 0 Å². The van der Waals surface area contributed by atoms with Crippen molar-refractivity contribution in [1.82, 2.24) is 15.6 Å². The van der Waals surface area contributed by atoms with E-state index >= 15 is 0 Å². The first-order valence-corrected chi connectivity index (χ1v) is 7.41. The van der Waals surface area contributed by atoms with Gasteiger partial charge >= 0.3 is 0 Å². The van der Waals surface area contributed by atoms with Gasteiger partial charge in [-0.3, -0.25) is 14.9 Å². The molecule has 0 radical (unpaired) electrons. The van der Waals surface area contributed by atoms with Crippen molar-refractivity contribution in [3.63, 3.8) is 0 Å². The average molecular weight is 286 g/mol. The lowest BCUT2D eigenvalue weighted by atomic mass is 9.74. The van der Waals surface area contributed by atoms with Crippen molar-refractivity contribution in [1.29, 1.82) is 0 Å². The summed E-state index contributed by atoms with van der Waals surface area (Å²) in [4.78, 5) is 29.8. The van der Waals surface area contributed by atoms with Crippen molar-refractivity contribution >= 4 is 17.6 Å². The van der Waals surface area contributed by atoms with Gasteiger partial charge in [-0.2, -0.15) is 0 Å². The maximum Gasteiger partial charge on any atom is 0.234 e. The second-order valence-corrected chi connectivity index (χ2v) is 6.41. The SMILES string of the molecule is O=C1CCC(c2ccc(N3CC4(CNC4)C3)nc2)C(=O)N1. The number of carbonyl (C=O) groups is 2. The molecule has 0 aromatic carbocycles. The fourth-order valence-electron chi connectivity index (χ4n) is 3.43. The Kier molecular flexibility index (Phi) is 2.75. The van der Waals surface area contributed by atoms with Gasteiger partial charge in [-0.1, -0.05) is 6.07 Å². The van der Waals surface area contributed by atoms with Crippen LogP contribution < -0.4 is 15.5 Å². The highest BCUT2D eigenvalue weighted by Gasteiger charge is 2.47. The average Bonchev–Trinajstić information content (AvgIpc) is 2.36. The van der Waals surface area contributed by atoms with Crippen molar-refractivity contribution in [2.45, 2.75) is 18.8 Å². The molecule has 1 aromatic rings. The molecule has 3 aliphatic rings. The number of nitrogens with one attached hydrogen (secondary N) is 2. The fraction of sp³-hybridized carbons (Fsp3) is 0.533. The van der Waals surface area contributed by atoms with E-state index < -0.39 is 0 Å². The molecule has 4 rings (SSSR count). The number of anilines is 1. The Labute approximate surface area is 122 Å². The van der Waals surface area contributed by atoms with Gasteiger partial charge in [0.2, 0.25) is 11.8 Å². The van der Waals surface area contributed by atoms with Crippen molar-refractivity contribution in [2.75, 3.05) is 31.1 Å². The zero-order chi connectivity index (χ0) is 14.4. The maximum absolute atomic E-state index is 11.8. The van der Waals surface area contributed by atoms with Crippen LogP contribution in [0.15, 0.2) is 18.3 Å². The van der Waals surface area contributed by atoms with Gasteiger partial charge < -0.3 is 10.2 Å². The smallest absolute Gasteiger partial charge is 0.234 e. The molecular weight excluding hydrogens is 268 g/mol. The molecule has 1 aromatic heterocycles. The lowest BCUT2D eigenvalue weighted by Gasteiger charge is -2.56. The van der Waals surface area contributed by atoms with E-state index in [1.165, 1.54) is 0 Å². The molecule has 1 atom stereocenters. The van der Waals surface area contributed by atoms with Gasteiger partial charge in [0.25, 0.3) is 0 Å². The molecule has 1 unspecified atom stereocenters. The summed E-state index contributed by atoms with van der Waals surface area (Å²) in [6, 6.07) is 3.95. The van der Waals surface area contributed by atoms with E-state index in [1.807, 2.05) is 12.1 Å². The van der Waals surface area contributed by atoms with Crippen LogP contribution in [0.4, 0.5) is 5.82 Å². The number of carbonyl (C=O) groups excluding carboxylic acids is 2. The Morgan fingerprint density at radius 3 is 2.62 bits per heavy atom. The van der Waals surface area contributed by atoms with E-state index in [2.05, 4.69) is 20.5 Å². The molecule has 4 heterocycles. The van der Waals surface area contributed by atoms with Gasteiger partial charge in [0, 0.05) is 44.2 Å². The molecule has 0 saturated carbocycles. The van der Waals surface area contributed by atoms with Crippen LogP contribution in [-0.4, -0.2) is 43.0 Å². The first-order chi connectivity index (χ1) is 10.2. The normalized spacial score (nSPS) is 27.0. The first kappa shape index (κ1) is 12.8. The highest BCUT2D eigenvalue weighted by atomic mass is 16.2. The van der Waals surface area contributed by atoms with Crippen LogP contribution >= 0.6 is 0 Å². The van der Waals surface area contributed by atoms with E-state index in [0.717, 1.165) is 37.6 Å². The summed E-state index contributed by atoms with van der Waals surface area (Å²) < 4.78 is 0. The minimum absolute atomic E-state index is 0.180. The third-order valence-electron chi connectivity index (χ3n) is 4.79. The summed E-state index contributed by atoms with van der Waals surface area (Å²) in [5.41, 5.74) is 1.37. The number of aromatic nitrogens is 1. The number of hydrogen-bond acceptors (Lipinski definition) is 5. The summed E-state index contributed by atoms with van der Waals surface area (Å²) >= 11 is 0. The van der Waals surface area contributed by atoms with Gasteiger partial charge in [-0.25, -0.2) is 4.98 Å². The predicted octanol–water partition coefficient (Wildman–Crippen LogP) is 0.0114. The highest BCUT2D eigenvalue weighted by molar-refractivity contribution is 6.00. The Balaban J connectivity index is 1.44. The second-order valence-electron chi connectivity index (χ2n) is 6.41. The fourth-order valence-corrected chi connectivity index (χ4v) is 3.43. The molecule has 6 nitrogen and oxygen atoms in total. The third-order valence-corrected chi connectivity index (χ3v) is 4.79. The summed E-state index contributed by atoms with van der Waals surface area (Å²) in [6.07, 6.45) is 2.75. The van der Waals surface area contributed by atoms with Gasteiger partial charge in [-0.05, 0) is 18.1 Å². The van der Waals surface area contributed by atoms with E-state index in [-0.39, 0.29) is 17.7 Å². The van der Waals surface area contributed by atoms with Gasteiger partial charge in [0.1, 0.15) is 5.82 Å². The number of pyridine rings is 1. The maximum atomic E-state index is 11.8. The predicted molar refractivity (Wildman–Crippen MR) is 76.9 cm³/mol. The Morgan fingerprint density at radius 2 is 2.05 bits per heavy atom. The third kappa shape index (κ3) is 2.10. The number of piperidine rings is 1. The molecule has 21 heavy (non-hydrogen) atoms. The summed E-state index contributed by atoms with van der Waals surface area (Å²) in [5.74, 6) is 0.344. The number of hydrogen-bond donors (Lipinski definition) is 2. The van der Waals surface area contributed by atoms with Crippen LogP contribution in [0, 0.1) is 5.41 Å². The Bertz CT molecular complexity index is 586. The standard InChI is InChI=1S/C15H18N4O2/c20-13-4-2-11(14(21)18-13)10-1-3-12(17-5-10)19-8-15(9-19)6-16-7-15/h1,3,5,11,16H,2,4,6-9H2,(H,18,20,21). The molecule has 0 aliphatic carbocycles. The number of nitrogens with zero attached hydrogens (tertiary/aromatic N) is 2. The van der Waals surface area contributed by atoms with Gasteiger partial charge in [-0.15, -0.1) is 0 Å². The molecule has 0 bridgehead atoms. The quantitative estimate of drug-likeness (QED) is 0.749. The Morgan fingerprint density at radius 1 is 1.24 bits per heavy atom. The number of imide groups is 1. The topological polar surface area (TPSA) is 74.3 Å². The van der Waals surface area contributed by atoms with Crippen molar-refractivity contribution in [3.8, 4) is 0 Å². The van der Waals surface area contributed by atoms with Crippen LogP contribution in [0.3, 0.4) is 0 Å². The van der Waals surface area contributed by atoms with Gasteiger partial charge in [0.15, 0.2) is 0 Å². The molecule has 2 N–H and O–H groups in total. The molecule has 3 fully saturated rings. The molecule has 3 saturated heterocycles.